The Bertz CT molecular complexity index is 510. The van der Waals surface area contributed by atoms with Crippen molar-refractivity contribution in [2.24, 2.45) is 5.11 Å². The number of ether oxygens (including phenoxy) is 1. The van der Waals surface area contributed by atoms with E-state index in [0.29, 0.717) is 0 Å². The van der Waals surface area contributed by atoms with Gasteiger partial charge in [0.15, 0.2) is 5.79 Å². The van der Waals surface area contributed by atoms with Crippen LogP contribution in [0.15, 0.2) is 17.8 Å². The Morgan fingerprint density at radius 1 is 1.57 bits per heavy atom. The fourth-order valence-electron chi connectivity index (χ4n) is 2.23. The predicted molar refractivity (Wildman–Crippen MR) is 82.9 cm³/mol. The molecular formula is C11H15Cl3N4O5. The Morgan fingerprint density at radius 2 is 2.17 bits per heavy atom. The molecule has 0 unspecified atom stereocenters. The van der Waals surface area contributed by atoms with Gasteiger partial charge in [-0.3, -0.25) is 4.79 Å². The van der Waals surface area contributed by atoms with Gasteiger partial charge in [-0.05, 0) is 5.53 Å². The third-order valence-electron chi connectivity index (χ3n) is 3.26. The van der Waals surface area contributed by atoms with Crippen LogP contribution in [-0.4, -0.2) is 61.7 Å². The van der Waals surface area contributed by atoms with E-state index in [1.165, 1.54) is 6.08 Å². The van der Waals surface area contributed by atoms with E-state index in [-0.39, 0.29) is 6.42 Å². The quantitative estimate of drug-likeness (QED) is 0.178. The first-order valence-corrected chi connectivity index (χ1v) is 7.46. The average Bonchev–Trinajstić information content (AvgIpc) is 2.45. The summed E-state index contributed by atoms with van der Waals surface area (Å²) in [6, 6.07) is -2.83. The molecule has 1 aliphatic rings. The second-order valence-electron chi connectivity index (χ2n) is 4.81. The molecule has 0 aromatic heterocycles. The van der Waals surface area contributed by atoms with Crippen LogP contribution < -0.4 is 5.32 Å². The summed E-state index contributed by atoms with van der Waals surface area (Å²) < 4.78 is 2.88. The van der Waals surface area contributed by atoms with Crippen molar-refractivity contribution in [3.8, 4) is 0 Å². The summed E-state index contributed by atoms with van der Waals surface area (Å²) in [4.78, 5) is 14.4. The van der Waals surface area contributed by atoms with Crippen LogP contribution in [0.3, 0.4) is 0 Å². The van der Waals surface area contributed by atoms with Crippen LogP contribution in [0.1, 0.15) is 6.42 Å². The van der Waals surface area contributed by atoms with E-state index in [2.05, 4.69) is 21.9 Å². The Hall–Kier alpha value is -0.770. The van der Waals surface area contributed by atoms with E-state index >= 15 is 0 Å². The smallest absolute Gasteiger partial charge is 0.272 e. The summed E-state index contributed by atoms with van der Waals surface area (Å²) in [6.45, 7) is 2.78. The lowest BCUT2D eigenvalue weighted by atomic mass is 9.86. The van der Waals surface area contributed by atoms with Gasteiger partial charge < -0.3 is 25.4 Å². The number of carbonyl (C=O) groups is 1. The van der Waals surface area contributed by atoms with Crippen LogP contribution >= 0.6 is 34.8 Å². The number of carbonyl (C=O) groups excluding carboxylic acids is 1. The van der Waals surface area contributed by atoms with Gasteiger partial charge in [0, 0.05) is 11.3 Å². The lowest BCUT2D eigenvalue weighted by Gasteiger charge is -2.48. The van der Waals surface area contributed by atoms with Gasteiger partial charge in [0.05, 0.1) is 24.8 Å². The molecule has 0 aliphatic carbocycles. The Morgan fingerprint density at radius 3 is 2.61 bits per heavy atom. The Labute approximate surface area is 146 Å². The normalized spacial score (nSPS) is 34.3. The van der Waals surface area contributed by atoms with Crippen molar-refractivity contribution in [2.45, 2.75) is 40.3 Å². The molecule has 9 nitrogen and oxygen atoms in total. The zero-order valence-electron chi connectivity index (χ0n) is 11.6. The zero-order chi connectivity index (χ0) is 17.8. The third kappa shape index (κ3) is 4.62. The van der Waals surface area contributed by atoms with Crippen molar-refractivity contribution in [2.75, 3.05) is 6.61 Å². The summed E-state index contributed by atoms with van der Waals surface area (Å²) >= 11 is 16.4. The van der Waals surface area contributed by atoms with E-state index in [1.54, 1.807) is 0 Å². The molecule has 1 fully saturated rings. The van der Waals surface area contributed by atoms with Gasteiger partial charge >= 0.3 is 0 Å². The molecule has 4 N–H and O–H groups in total. The molecule has 130 valence electrons. The number of hydrogen-bond acceptors (Lipinski definition) is 6. The van der Waals surface area contributed by atoms with Crippen molar-refractivity contribution in [3.63, 3.8) is 0 Å². The molecule has 0 radical (unpaired) electrons. The second-order valence-corrected chi connectivity index (χ2v) is 7.09. The summed E-state index contributed by atoms with van der Waals surface area (Å²) in [5.74, 6) is -3.26. The molecule has 1 saturated heterocycles. The first-order chi connectivity index (χ1) is 10.6. The van der Waals surface area contributed by atoms with E-state index in [1.807, 2.05) is 0 Å². The zero-order valence-corrected chi connectivity index (χ0v) is 13.9. The average molecular weight is 390 g/mol. The van der Waals surface area contributed by atoms with Crippen molar-refractivity contribution < 1.29 is 24.9 Å². The maximum atomic E-state index is 11.9. The highest BCUT2D eigenvalue weighted by Crippen LogP contribution is 2.34. The Kier molecular flexibility index (Phi) is 6.94. The number of nitrogens with zero attached hydrogens (tertiary/aromatic N) is 3. The lowest BCUT2D eigenvalue weighted by Crippen LogP contribution is -2.70. The Balaban J connectivity index is 3.26. The van der Waals surface area contributed by atoms with Gasteiger partial charge in [0.2, 0.25) is 0 Å². The number of hydrogen-bond donors (Lipinski definition) is 4. The van der Waals surface area contributed by atoms with Gasteiger partial charge in [-0.1, -0.05) is 46.0 Å². The molecule has 0 spiro atoms. The minimum Gasteiger partial charge on any atom is -0.394 e. The number of nitrogens with one attached hydrogen (secondary N) is 1. The van der Waals surface area contributed by atoms with Crippen molar-refractivity contribution in [3.05, 3.63) is 23.1 Å². The molecule has 1 aliphatic heterocycles. The van der Waals surface area contributed by atoms with Gasteiger partial charge in [0.25, 0.3) is 9.70 Å². The summed E-state index contributed by atoms with van der Waals surface area (Å²) in [7, 11) is 0. The molecule has 0 bridgehead atoms. The molecule has 12 heteroatoms. The highest BCUT2D eigenvalue weighted by atomic mass is 35.6. The van der Waals surface area contributed by atoms with Crippen LogP contribution in [-0.2, 0) is 9.53 Å². The van der Waals surface area contributed by atoms with Gasteiger partial charge in [-0.2, -0.15) is 0 Å². The molecule has 0 aromatic rings. The van der Waals surface area contributed by atoms with Crippen LogP contribution in [0.5, 0.6) is 0 Å². The van der Waals surface area contributed by atoms with E-state index in [9.17, 15) is 20.1 Å². The van der Waals surface area contributed by atoms with Crippen LogP contribution in [0, 0.1) is 0 Å². The molecule has 1 heterocycles. The maximum absolute atomic E-state index is 11.9. The largest absolute Gasteiger partial charge is 0.394 e. The van der Waals surface area contributed by atoms with Crippen LogP contribution in [0.2, 0.25) is 0 Å². The fourth-order valence-corrected chi connectivity index (χ4v) is 2.40. The van der Waals surface area contributed by atoms with Crippen molar-refractivity contribution >= 4 is 40.7 Å². The second kappa shape index (κ2) is 7.87. The van der Waals surface area contributed by atoms with E-state index < -0.39 is 46.4 Å². The van der Waals surface area contributed by atoms with Crippen LogP contribution in [0.4, 0.5) is 0 Å². The molecule has 0 saturated carbocycles. The molecule has 1 rings (SSSR count). The summed E-state index contributed by atoms with van der Waals surface area (Å²) in [5, 5.41) is 35.5. The first-order valence-electron chi connectivity index (χ1n) is 6.32. The summed E-state index contributed by atoms with van der Waals surface area (Å²) in [5.41, 5.74) is 8.66. The number of azide groups is 1. The molecular weight excluding hydrogens is 375 g/mol. The number of aliphatic hydroxyl groups is 3. The third-order valence-corrected chi connectivity index (χ3v) is 3.77. The minimum absolute atomic E-state index is 0.224. The van der Waals surface area contributed by atoms with Gasteiger partial charge in [-0.25, -0.2) is 0 Å². The van der Waals surface area contributed by atoms with E-state index in [0.717, 1.165) is 0 Å². The molecule has 1 amide bonds. The minimum atomic E-state index is -2.35. The first kappa shape index (κ1) is 20.3. The summed E-state index contributed by atoms with van der Waals surface area (Å²) in [6.07, 6.45) is -1.72. The fraction of sp³-hybridized carbons (Fsp3) is 0.727. The van der Waals surface area contributed by atoms with E-state index in [4.69, 9.17) is 45.1 Å². The van der Waals surface area contributed by atoms with Crippen LogP contribution in [0.25, 0.3) is 10.4 Å². The number of rotatable bonds is 5. The molecule has 5 atom stereocenters. The van der Waals surface area contributed by atoms with Crippen molar-refractivity contribution in [1.82, 2.24) is 5.32 Å². The SMILES string of the molecule is C=CC[C@]1(O)O[C@H](CO)[C@@H](O)[C@H](N=[N+]=[N-])[C@H]1NC(=O)C(Cl)(Cl)Cl. The molecule has 0 aromatic carbocycles. The number of halogens is 3. The number of aliphatic hydroxyl groups excluding tert-OH is 2. The van der Waals surface area contributed by atoms with Gasteiger partial charge in [-0.15, -0.1) is 6.58 Å². The number of amides is 1. The highest BCUT2D eigenvalue weighted by molar-refractivity contribution is 6.76. The van der Waals surface area contributed by atoms with Crippen molar-refractivity contribution in [1.29, 1.82) is 0 Å². The topological polar surface area (TPSA) is 148 Å². The standard InChI is InChI=1S/C11H15Cl3N4O5/c1-2-3-10(22)8(16-9(21)11(12,13)14)6(17-18-15)7(20)5(4-19)23-10/h2,5-8,19-20,22H,1,3-4H2,(H,16,21)/t5-,6+,7-,8-,10+/m1/s1. The van der Waals surface area contributed by atoms with Gasteiger partial charge in [0.1, 0.15) is 6.10 Å². The molecule has 23 heavy (non-hydrogen) atoms. The maximum Gasteiger partial charge on any atom is 0.272 e. The highest BCUT2D eigenvalue weighted by Gasteiger charge is 2.54. The number of alkyl halides is 3. The lowest BCUT2D eigenvalue weighted by molar-refractivity contribution is -0.297. The predicted octanol–water partition coefficient (Wildman–Crippen LogP) is 0.537. The monoisotopic (exact) mass is 388 g/mol.